The molecule has 2 atom stereocenters. The first-order valence-electron chi connectivity index (χ1n) is 4.98. The number of rotatable bonds is 3. The molecule has 1 aromatic rings. The summed E-state index contributed by atoms with van der Waals surface area (Å²) in [5, 5.41) is 21.2. The fourth-order valence-electron chi connectivity index (χ4n) is 1.63. The highest BCUT2D eigenvalue weighted by Crippen LogP contribution is 2.30. The Kier molecular flexibility index (Phi) is 3.64. The third kappa shape index (κ3) is 2.37. The Morgan fingerprint density at radius 2 is 2.61 bits per heavy atom. The summed E-state index contributed by atoms with van der Waals surface area (Å²) in [4.78, 5) is 16.3. The van der Waals surface area contributed by atoms with Gasteiger partial charge in [0, 0.05) is 11.1 Å². The number of thiazole rings is 1. The molecule has 2 heterocycles. The summed E-state index contributed by atoms with van der Waals surface area (Å²) in [5.74, 6) is 0. The number of aromatic nitrogens is 1. The van der Waals surface area contributed by atoms with Crippen molar-refractivity contribution in [2.75, 3.05) is 6.73 Å². The molecule has 0 amide bonds. The van der Waals surface area contributed by atoms with Crippen LogP contribution in [0, 0.1) is 15.5 Å². The molecule has 98 valence electrons. The van der Waals surface area contributed by atoms with E-state index in [1.54, 1.807) is 6.92 Å². The molecular formula is C8H10ClN5O3S. The molecule has 1 aliphatic rings. The average Bonchev–Trinajstić information content (AvgIpc) is 2.74. The third-order valence-electron chi connectivity index (χ3n) is 2.50. The van der Waals surface area contributed by atoms with E-state index in [1.165, 1.54) is 22.4 Å². The molecule has 0 radical (unpaired) electrons. The SMILES string of the molecule is CC(c1cnc(Cl)s1)N1C(=N)OCNC1[N+](=O)[O-]. The van der Waals surface area contributed by atoms with Gasteiger partial charge in [0.15, 0.2) is 4.47 Å². The van der Waals surface area contributed by atoms with Gasteiger partial charge >= 0.3 is 6.29 Å². The quantitative estimate of drug-likeness (QED) is 0.641. The largest absolute Gasteiger partial charge is 0.449 e. The van der Waals surface area contributed by atoms with Crippen molar-refractivity contribution >= 4 is 29.0 Å². The standard InChI is InChI=1S/C8H10ClN5O3S/c1-4(5-2-11-6(9)18-5)13-7(10)17-3-12-8(13)14(15)16/h2,4,8,10,12H,3H2,1H3. The summed E-state index contributed by atoms with van der Waals surface area (Å²) < 4.78 is 5.32. The van der Waals surface area contributed by atoms with E-state index in [4.69, 9.17) is 21.7 Å². The Hall–Kier alpha value is -1.45. The summed E-state index contributed by atoms with van der Waals surface area (Å²) in [6, 6.07) is -0.668. The lowest BCUT2D eigenvalue weighted by Crippen LogP contribution is -2.59. The zero-order valence-electron chi connectivity index (χ0n) is 9.29. The predicted octanol–water partition coefficient (Wildman–Crippen LogP) is 1.23. The van der Waals surface area contributed by atoms with E-state index in [1.807, 2.05) is 0 Å². The predicted molar refractivity (Wildman–Crippen MR) is 65.0 cm³/mol. The van der Waals surface area contributed by atoms with Crippen LogP contribution < -0.4 is 5.32 Å². The number of nitrogens with one attached hydrogen (secondary N) is 2. The van der Waals surface area contributed by atoms with Gasteiger partial charge in [-0.25, -0.2) is 15.2 Å². The molecule has 2 N–H and O–H groups in total. The summed E-state index contributed by atoms with van der Waals surface area (Å²) in [5.41, 5.74) is 0. The molecule has 1 aliphatic heterocycles. The highest BCUT2D eigenvalue weighted by molar-refractivity contribution is 7.15. The van der Waals surface area contributed by atoms with Crippen molar-refractivity contribution in [3.05, 3.63) is 25.7 Å². The lowest BCUT2D eigenvalue weighted by molar-refractivity contribution is -0.559. The fourth-order valence-corrected chi connectivity index (χ4v) is 2.63. The van der Waals surface area contributed by atoms with E-state index in [9.17, 15) is 10.1 Å². The second-order valence-corrected chi connectivity index (χ2v) is 5.20. The monoisotopic (exact) mass is 291 g/mol. The maximum absolute atomic E-state index is 11.0. The molecule has 1 fully saturated rings. The van der Waals surface area contributed by atoms with Crippen molar-refractivity contribution < 1.29 is 9.66 Å². The van der Waals surface area contributed by atoms with E-state index in [0.29, 0.717) is 4.47 Å². The van der Waals surface area contributed by atoms with E-state index in [2.05, 4.69) is 10.3 Å². The van der Waals surface area contributed by atoms with Gasteiger partial charge in [0.25, 0.3) is 6.02 Å². The molecule has 8 nitrogen and oxygen atoms in total. The zero-order valence-corrected chi connectivity index (χ0v) is 10.9. The van der Waals surface area contributed by atoms with Gasteiger partial charge in [-0.15, -0.1) is 11.3 Å². The molecule has 1 saturated heterocycles. The fraction of sp³-hybridized carbons (Fsp3) is 0.500. The van der Waals surface area contributed by atoms with E-state index in [-0.39, 0.29) is 12.8 Å². The van der Waals surface area contributed by atoms with E-state index >= 15 is 0 Å². The minimum absolute atomic E-state index is 0.0584. The minimum Gasteiger partial charge on any atom is -0.449 e. The van der Waals surface area contributed by atoms with Gasteiger partial charge in [-0.05, 0) is 6.92 Å². The van der Waals surface area contributed by atoms with Gasteiger partial charge in [-0.1, -0.05) is 11.6 Å². The smallest absolute Gasteiger partial charge is 0.352 e. The van der Waals surface area contributed by atoms with Crippen molar-refractivity contribution in [2.24, 2.45) is 0 Å². The molecule has 0 aromatic carbocycles. The van der Waals surface area contributed by atoms with Crippen LogP contribution in [0.1, 0.15) is 17.8 Å². The Morgan fingerprint density at radius 1 is 1.89 bits per heavy atom. The summed E-state index contributed by atoms with van der Waals surface area (Å²) in [6.07, 6.45) is 0.346. The topological polar surface area (TPSA) is 104 Å². The number of amidine groups is 1. The van der Waals surface area contributed by atoms with Crippen molar-refractivity contribution in [1.29, 1.82) is 5.41 Å². The molecule has 0 bridgehead atoms. The minimum atomic E-state index is -1.19. The molecular weight excluding hydrogens is 282 g/mol. The average molecular weight is 292 g/mol. The number of hydrogen-bond donors (Lipinski definition) is 2. The number of halogens is 1. The summed E-state index contributed by atoms with van der Waals surface area (Å²) in [6.45, 7) is 1.67. The van der Waals surface area contributed by atoms with Crippen molar-refractivity contribution in [3.63, 3.8) is 0 Å². The molecule has 0 saturated carbocycles. The van der Waals surface area contributed by atoms with Crippen LogP contribution in [0.2, 0.25) is 4.47 Å². The summed E-state index contributed by atoms with van der Waals surface area (Å²) >= 11 is 6.95. The first kappa shape index (κ1) is 13.0. The Balaban J connectivity index is 2.27. The van der Waals surface area contributed by atoms with Gasteiger partial charge in [0.2, 0.25) is 0 Å². The van der Waals surface area contributed by atoms with Crippen LogP contribution in [0.3, 0.4) is 0 Å². The Labute approximate surface area is 111 Å². The van der Waals surface area contributed by atoms with Gasteiger partial charge in [-0.2, -0.15) is 0 Å². The van der Waals surface area contributed by atoms with Crippen molar-refractivity contribution in [2.45, 2.75) is 19.3 Å². The van der Waals surface area contributed by atoms with Gasteiger partial charge in [-0.3, -0.25) is 15.5 Å². The lowest BCUT2D eigenvalue weighted by atomic mass is 10.2. The van der Waals surface area contributed by atoms with E-state index in [0.717, 1.165) is 4.88 Å². The molecule has 10 heteroatoms. The van der Waals surface area contributed by atoms with Crippen molar-refractivity contribution in [1.82, 2.24) is 15.2 Å². The van der Waals surface area contributed by atoms with Crippen LogP contribution in [0.25, 0.3) is 0 Å². The molecule has 2 rings (SSSR count). The molecule has 0 spiro atoms. The molecule has 2 unspecified atom stereocenters. The van der Waals surface area contributed by atoms with Crippen LogP contribution in [-0.2, 0) is 4.74 Å². The second-order valence-electron chi connectivity index (χ2n) is 3.56. The highest BCUT2D eigenvalue weighted by Gasteiger charge is 2.39. The van der Waals surface area contributed by atoms with Gasteiger partial charge in [0.05, 0.1) is 11.0 Å². The zero-order chi connectivity index (χ0) is 13.3. The van der Waals surface area contributed by atoms with Crippen molar-refractivity contribution in [3.8, 4) is 0 Å². The first-order valence-corrected chi connectivity index (χ1v) is 6.18. The molecule has 0 aliphatic carbocycles. The van der Waals surface area contributed by atoms with Crippen LogP contribution in [0.4, 0.5) is 0 Å². The first-order chi connectivity index (χ1) is 8.50. The highest BCUT2D eigenvalue weighted by atomic mass is 35.5. The second kappa shape index (κ2) is 5.04. The molecule has 1 aromatic heterocycles. The summed E-state index contributed by atoms with van der Waals surface area (Å²) in [7, 11) is 0. The number of nitrogens with zero attached hydrogens (tertiary/aromatic N) is 3. The lowest BCUT2D eigenvalue weighted by Gasteiger charge is -2.35. The number of nitro groups is 1. The third-order valence-corrected chi connectivity index (χ3v) is 3.78. The number of hydrogen-bond acceptors (Lipinski definition) is 7. The number of ether oxygens (including phenoxy) is 1. The van der Waals surface area contributed by atoms with Gasteiger partial charge < -0.3 is 4.74 Å². The van der Waals surface area contributed by atoms with E-state index < -0.39 is 17.3 Å². The van der Waals surface area contributed by atoms with Crippen LogP contribution in [-0.4, -0.2) is 33.8 Å². The van der Waals surface area contributed by atoms with Crippen LogP contribution in [0.5, 0.6) is 0 Å². The molecule has 18 heavy (non-hydrogen) atoms. The van der Waals surface area contributed by atoms with Crippen LogP contribution >= 0.6 is 22.9 Å². The van der Waals surface area contributed by atoms with Gasteiger partial charge in [0.1, 0.15) is 6.73 Å². The maximum Gasteiger partial charge on any atom is 0.352 e. The normalized spacial score (nSPS) is 21.6. The Morgan fingerprint density at radius 3 is 3.17 bits per heavy atom. The Bertz CT molecular complexity index is 481. The van der Waals surface area contributed by atoms with Crippen LogP contribution in [0.15, 0.2) is 6.20 Å². The maximum atomic E-state index is 11.0.